The zero-order valence-electron chi connectivity index (χ0n) is 8.43. The lowest BCUT2D eigenvalue weighted by Gasteiger charge is -2.12. The highest BCUT2D eigenvalue weighted by Gasteiger charge is 2.28. The molecule has 0 fully saturated rings. The summed E-state index contributed by atoms with van der Waals surface area (Å²) in [6.07, 6.45) is 0. The Bertz CT molecular complexity index is 636. The van der Waals surface area contributed by atoms with E-state index in [-0.39, 0.29) is 20.4 Å². The Morgan fingerprint density at radius 2 is 1.16 bits per heavy atom. The summed E-state index contributed by atoms with van der Waals surface area (Å²) in [5.74, 6) is 0. The lowest BCUT2D eigenvalue weighted by atomic mass is 10.3. The number of nitrogens with two attached hydrogens (primary N) is 1. The SMILES string of the molecule is Nc1cc(S(=O)Cl)c(S(=O)Cl)c(S(=O)Cl)c1S(=O)Cl. The molecule has 0 saturated heterocycles. The molecule has 2 N–H and O–H groups in total. The minimum absolute atomic E-state index is 0.202. The molecule has 0 heterocycles. The van der Waals surface area contributed by atoms with Crippen molar-refractivity contribution in [1.29, 1.82) is 0 Å². The Labute approximate surface area is 135 Å². The predicted molar refractivity (Wildman–Crippen MR) is 79.9 cm³/mol. The second-order valence-electron chi connectivity index (χ2n) is 2.85. The van der Waals surface area contributed by atoms with Gasteiger partial charge in [0, 0.05) is 0 Å². The Morgan fingerprint density at radius 1 is 0.737 bits per heavy atom. The predicted octanol–water partition coefficient (Wildman–Crippen LogP) is 2.31. The summed E-state index contributed by atoms with van der Waals surface area (Å²) in [6, 6.07) is 1.04. The van der Waals surface area contributed by atoms with Gasteiger partial charge in [-0.3, -0.25) is 0 Å². The van der Waals surface area contributed by atoms with Crippen molar-refractivity contribution in [1.82, 2.24) is 0 Å². The largest absolute Gasteiger partial charge is 0.398 e. The molecule has 5 nitrogen and oxygen atoms in total. The first-order valence-corrected chi connectivity index (χ1v) is 11.9. The van der Waals surface area contributed by atoms with Crippen LogP contribution in [0.15, 0.2) is 25.6 Å². The van der Waals surface area contributed by atoms with Crippen molar-refractivity contribution in [3.63, 3.8) is 0 Å². The normalized spacial score (nSPS) is 17.7. The maximum Gasteiger partial charge on any atom is 0.151 e. The van der Waals surface area contributed by atoms with Crippen molar-refractivity contribution in [2.24, 2.45) is 0 Å². The molecule has 0 amide bonds. The maximum atomic E-state index is 11.5. The van der Waals surface area contributed by atoms with Gasteiger partial charge in [0.25, 0.3) is 0 Å². The first-order valence-electron chi connectivity index (χ1n) is 3.97. The van der Waals surface area contributed by atoms with Gasteiger partial charge in [0.1, 0.15) is 30.0 Å². The third-order valence-electron chi connectivity index (χ3n) is 1.84. The monoisotopic (exact) mass is 421 g/mol. The fraction of sp³-hybridized carbons (Fsp3) is 0. The average Bonchev–Trinajstić information content (AvgIpc) is 2.25. The third-order valence-corrected chi connectivity index (χ3v) is 7.02. The topological polar surface area (TPSA) is 94.3 Å². The van der Waals surface area contributed by atoms with E-state index in [1.54, 1.807) is 0 Å². The second kappa shape index (κ2) is 7.17. The Hall–Kier alpha value is 0.780. The summed E-state index contributed by atoms with van der Waals surface area (Å²) in [5, 5.41) is 0. The van der Waals surface area contributed by atoms with E-state index >= 15 is 0 Å². The number of rotatable bonds is 4. The fourth-order valence-electron chi connectivity index (χ4n) is 1.20. The molecule has 13 heteroatoms. The van der Waals surface area contributed by atoms with Crippen molar-refractivity contribution in [3.05, 3.63) is 6.07 Å². The highest BCUT2D eigenvalue weighted by Crippen LogP contribution is 2.38. The maximum absolute atomic E-state index is 11.5. The highest BCUT2D eigenvalue weighted by molar-refractivity contribution is 8.13. The van der Waals surface area contributed by atoms with Gasteiger partial charge in [-0.05, 0) is 48.8 Å². The van der Waals surface area contributed by atoms with Crippen molar-refractivity contribution in [2.75, 3.05) is 5.73 Å². The van der Waals surface area contributed by atoms with Crippen LogP contribution in [0, 0.1) is 0 Å². The minimum atomic E-state index is -2.29. The molecular formula is C6H3Cl4NO4S4. The van der Waals surface area contributed by atoms with Gasteiger partial charge in [0.15, 0.2) is 10.0 Å². The molecule has 0 spiro atoms. The summed E-state index contributed by atoms with van der Waals surface area (Å²) in [6.45, 7) is 0. The standard InChI is InChI=1S/C6H3Cl4NO4S4/c7-16(12)3-1-2(11)4(17(8)13)6(19(10)15)5(3)18(9)14/h1H,11H2. The van der Waals surface area contributed by atoms with E-state index in [9.17, 15) is 16.8 Å². The van der Waals surface area contributed by atoms with Crippen LogP contribution in [-0.2, 0) is 40.1 Å². The number of nitrogen functional groups attached to an aromatic ring is 1. The smallest absolute Gasteiger partial charge is 0.151 e. The first-order chi connectivity index (χ1) is 8.68. The van der Waals surface area contributed by atoms with E-state index in [1.807, 2.05) is 0 Å². The van der Waals surface area contributed by atoms with Gasteiger partial charge in [-0.15, -0.1) is 0 Å². The van der Waals surface area contributed by atoms with Crippen molar-refractivity contribution < 1.29 is 16.8 Å². The summed E-state index contributed by atoms with van der Waals surface area (Å²) in [5.41, 5.74) is 5.36. The molecule has 1 rings (SSSR count). The van der Waals surface area contributed by atoms with E-state index in [4.69, 9.17) is 48.5 Å². The summed E-state index contributed by atoms with van der Waals surface area (Å²) >= 11 is 0. The molecule has 1 aromatic carbocycles. The molecule has 0 saturated carbocycles. The van der Waals surface area contributed by atoms with Crippen LogP contribution in [0.5, 0.6) is 0 Å². The molecule has 4 unspecified atom stereocenters. The van der Waals surface area contributed by atoms with Crippen LogP contribution in [0.4, 0.5) is 5.69 Å². The lowest BCUT2D eigenvalue weighted by Crippen LogP contribution is -2.07. The molecular weight excluding hydrogens is 420 g/mol. The van der Waals surface area contributed by atoms with Crippen molar-refractivity contribution >= 4 is 88.5 Å². The number of hydrogen-bond acceptors (Lipinski definition) is 5. The van der Waals surface area contributed by atoms with Gasteiger partial charge >= 0.3 is 0 Å². The van der Waals surface area contributed by atoms with E-state index in [2.05, 4.69) is 0 Å². The molecule has 0 aliphatic heterocycles. The van der Waals surface area contributed by atoms with Crippen LogP contribution >= 0.6 is 42.7 Å². The number of hydrogen-bond donors (Lipinski definition) is 1. The highest BCUT2D eigenvalue weighted by atomic mass is 35.7. The summed E-state index contributed by atoms with van der Waals surface area (Å²) < 4.78 is 45.8. The van der Waals surface area contributed by atoms with Crippen LogP contribution in [0.1, 0.15) is 0 Å². The quantitative estimate of drug-likeness (QED) is 0.593. The number of anilines is 1. The molecule has 108 valence electrons. The van der Waals surface area contributed by atoms with Gasteiger partial charge in [-0.1, -0.05) is 0 Å². The van der Waals surface area contributed by atoms with E-state index in [0.29, 0.717) is 0 Å². The molecule has 1 aromatic rings. The van der Waals surface area contributed by atoms with Crippen LogP contribution in [0.25, 0.3) is 0 Å². The molecule has 4 atom stereocenters. The lowest BCUT2D eigenvalue weighted by molar-refractivity contribution is 0.672. The zero-order chi connectivity index (χ0) is 14.9. The van der Waals surface area contributed by atoms with Crippen LogP contribution in [0.2, 0.25) is 0 Å². The molecule has 19 heavy (non-hydrogen) atoms. The molecule has 0 radical (unpaired) electrons. The average molecular weight is 423 g/mol. The zero-order valence-corrected chi connectivity index (χ0v) is 14.7. The Kier molecular flexibility index (Phi) is 6.73. The van der Waals surface area contributed by atoms with E-state index in [0.717, 1.165) is 6.07 Å². The second-order valence-corrected chi connectivity index (χ2v) is 9.66. The van der Waals surface area contributed by atoms with Crippen LogP contribution < -0.4 is 5.73 Å². The molecule has 0 bridgehead atoms. The first kappa shape index (κ1) is 17.8. The van der Waals surface area contributed by atoms with Gasteiger partial charge in [0.05, 0.1) is 25.3 Å². The molecule has 0 aromatic heterocycles. The van der Waals surface area contributed by atoms with Gasteiger partial charge in [-0.25, -0.2) is 16.8 Å². The molecule has 0 aliphatic carbocycles. The Balaban J connectivity index is 3.98. The number of halogens is 4. The summed E-state index contributed by atoms with van der Waals surface area (Å²) in [7, 11) is 12.8. The van der Waals surface area contributed by atoms with Crippen LogP contribution in [0.3, 0.4) is 0 Å². The van der Waals surface area contributed by atoms with E-state index in [1.165, 1.54) is 0 Å². The molecule has 0 aliphatic rings. The minimum Gasteiger partial charge on any atom is -0.398 e. The van der Waals surface area contributed by atoms with Crippen molar-refractivity contribution in [2.45, 2.75) is 19.6 Å². The fourth-order valence-corrected chi connectivity index (χ4v) is 7.27. The third kappa shape index (κ3) is 3.91. The van der Waals surface area contributed by atoms with Gasteiger partial charge in [0.2, 0.25) is 0 Å². The summed E-state index contributed by atoms with van der Waals surface area (Å²) in [4.78, 5) is -1.32. The number of benzene rings is 1. The van der Waals surface area contributed by atoms with Crippen LogP contribution in [-0.4, -0.2) is 16.8 Å². The van der Waals surface area contributed by atoms with E-state index < -0.39 is 44.9 Å². The van der Waals surface area contributed by atoms with Gasteiger partial charge < -0.3 is 5.73 Å². The Morgan fingerprint density at radius 3 is 1.47 bits per heavy atom. The van der Waals surface area contributed by atoms with Gasteiger partial charge in [-0.2, -0.15) is 0 Å². The van der Waals surface area contributed by atoms with Crippen molar-refractivity contribution in [3.8, 4) is 0 Å².